The van der Waals surface area contributed by atoms with Crippen LogP contribution in [0.4, 0.5) is 13.2 Å². The highest BCUT2D eigenvalue weighted by Crippen LogP contribution is 2.36. The lowest BCUT2D eigenvalue weighted by molar-refractivity contribution is -0.138. The number of aldehydes is 1. The lowest BCUT2D eigenvalue weighted by Crippen LogP contribution is -2.07. The molecule has 0 aromatic heterocycles. The molecule has 0 spiro atoms. The molecule has 0 aliphatic carbocycles. The number of ether oxygens (including phenoxy) is 1. The highest BCUT2D eigenvalue weighted by Gasteiger charge is 2.34. The normalized spacial score (nSPS) is 10.4. The fraction of sp³-hybridized carbons (Fsp3) is 0.250. The van der Waals surface area contributed by atoms with Gasteiger partial charge < -0.3 is 9.53 Å². The van der Waals surface area contributed by atoms with E-state index >= 15 is 0 Å². The van der Waals surface area contributed by atoms with E-state index in [1.807, 2.05) is 0 Å². The molecule has 0 aliphatic heterocycles. The minimum Gasteiger partial charge on any atom is -0.496 e. The zero-order valence-electron chi connectivity index (χ0n) is 8.97. The number of carbonyl (C=O) groups excluding carboxylic acids is 1. The highest BCUT2D eigenvalue weighted by molar-refractivity contribution is 5.55. The Morgan fingerprint density at radius 3 is 2.65 bits per heavy atom. The van der Waals surface area contributed by atoms with Crippen molar-refractivity contribution in [3.8, 4) is 17.6 Å². The molecule has 0 unspecified atom stereocenters. The Balaban J connectivity index is 3.15. The Labute approximate surface area is 96.4 Å². The van der Waals surface area contributed by atoms with E-state index in [0.717, 1.165) is 6.07 Å². The molecule has 0 fully saturated rings. The molecule has 0 N–H and O–H groups in total. The third kappa shape index (κ3) is 3.52. The first-order chi connectivity index (χ1) is 7.99. The van der Waals surface area contributed by atoms with E-state index in [2.05, 4.69) is 16.6 Å². The zero-order chi connectivity index (χ0) is 12.9. The van der Waals surface area contributed by atoms with Gasteiger partial charge in [-0.2, -0.15) is 13.2 Å². The molecule has 0 bridgehead atoms. The maximum atomic E-state index is 12.6. The molecule has 0 heterocycles. The van der Waals surface area contributed by atoms with E-state index in [9.17, 15) is 18.0 Å². The van der Waals surface area contributed by atoms with Crippen LogP contribution in [0.25, 0.3) is 0 Å². The van der Waals surface area contributed by atoms with Crippen molar-refractivity contribution in [1.82, 2.24) is 0 Å². The summed E-state index contributed by atoms with van der Waals surface area (Å²) in [6, 6.07) is 3.51. The second-order valence-electron chi connectivity index (χ2n) is 3.09. The van der Waals surface area contributed by atoms with Crippen molar-refractivity contribution in [1.29, 1.82) is 0 Å². The van der Waals surface area contributed by atoms with Crippen LogP contribution in [-0.4, -0.2) is 13.4 Å². The van der Waals surface area contributed by atoms with Gasteiger partial charge in [0.15, 0.2) is 0 Å². The van der Waals surface area contributed by atoms with Gasteiger partial charge in [-0.15, -0.1) is 0 Å². The summed E-state index contributed by atoms with van der Waals surface area (Å²) in [6.07, 6.45) is -3.91. The predicted molar refractivity (Wildman–Crippen MR) is 55.6 cm³/mol. The van der Waals surface area contributed by atoms with E-state index < -0.39 is 11.7 Å². The molecule has 0 radical (unpaired) electrons. The molecule has 1 aromatic rings. The molecule has 0 atom stereocenters. The summed E-state index contributed by atoms with van der Waals surface area (Å²) in [5.41, 5.74) is -0.683. The van der Waals surface area contributed by atoms with Gasteiger partial charge in [0.25, 0.3) is 0 Å². The van der Waals surface area contributed by atoms with Crippen molar-refractivity contribution in [3.63, 3.8) is 0 Å². The summed E-state index contributed by atoms with van der Waals surface area (Å²) in [5, 5.41) is 0. The molecular formula is C12H9F3O2. The second kappa shape index (κ2) is 5.39. The molecule has 0 saturated carbocycles. The van der Waals surface area contributed by atoms with E-state index in [1.165, 1.54) is 19.2 Å². The average molecular weight is 242 g/mol. The first-order valence-corrected chi connectivity index (χ1v) is 4.66. The van der Waals surface area contributed by atoms with Crippen LogP contribution >= 0.6 is 0 Å². The number of hydrogen-bond acceptors (Lipinski definition) is 2. The molecule has 1 rings (SSSR count). The topological polar surface area (TPSA) is 26.3 Å². The lowest BCUT2D eigenvalue weighted by atomic mass is 10.1. The first kappa shape index (κ1) is 13.1. The van der Waals surface area contributed by atoms with Crippen molar-refractivity contribution in [2.24, 2.45) is 0 Å². The summed E-state index contributed by atoms with van der Waals surface area (Å²) in [6.45, 7) is 0. The number of alkyl halides is 3. The first-order valence-electron chi connectivity index (χ1n) is 4.66. The molecule has 1 aromatic carbocycles. The van der Waals surface area contributed by atoms with Crippen LogP contribution in [0.15, 0.2) is 18.2 Å². The van der Waals surface area contributed by atoms with Gasteiger partial charge >= 0.3 is 6.18 Å². The molecule has 90 valence electrons. The summed E-state index contributed by atoms with van der Waals surface area (Å²) in [5.74, 6) is 4.66. The van der Waals surface area contributed by atoms with Gasteiger partial charge in [0.2, 0.25) is 0 Å². The molecule has 0 saturated heterocycles. The van der Waals surface area contributed by atoms with Gasteiger partial charge in [-0.25, -0.2) is 0 Å². The standard InChI is InChI=1S/C12H9F3O2/c1-17-11-6-5-9(4-2-3-7-16)8-10(11)12(13,14)15/h5-8H,3H2,1H3. The van der Waals surface area contributed by atoms with Gasteiger partial charge in [0.1, 0.15) is 12.0 Å². The van der Waals surface area contributed by atoms with E-state index in [0.29, 0.717) is 6.29 Å². The van der Waals surface area contributed by atoms with Crippen LogP contribution in [0.5, 0.6) is 5.75 Å². The number of methoxy groups -OCH3 is 1. The fourth-order valence-corrected chi connectivity index (χ4v) is 1.20. The zero-order valence-corrected chi connectivity index (χ0v) is 8.97. The number of benzene rings is 1. The van der Waals surface area contributed by atoms with Crippen LogP contribution in [-0.2, 0) is 11.0 Å². The maximum absolute atomic E-state index is 12.6. The Morgan fingerprint density at radius 1 is 1.41 bits per heavy atom. The Bertz CT molecular complexity index is 467. The molecule has 2 nitrogen and oxygen atoms in total. The number of carbonyl (C=O) groups is 1. The van der Waals surface area contributed by atoms with Crippen LogP contribution in [0.1, 0.15) is 17.5 Å². The van der Waals surface area contributed by atoms with Crippen LogP contribution in [0.2, 0.25) is 0 Å². The predicted octanol–water partition coefficient (Wildman–Crippen LogP) is 2.65. The number of halogens is 3. The number of hydrogen-bond donors (Lipinski definition) is 0. The number of rotatable bonds is 2. The van der Waals surface area contributed by atoms with Crippen molar-refractivity contribution < 1.29 is 22.7 Å². The fourth-order valence-electron chi connectivity index (χ4n) is 1.20. The van der Waals surface area contributed by atoms with Crippen molar-refractivity contribution >= 4 is 6.29 Å². The second-order valence-corrected chi connectivity index (χ2v) is 3.09. The van der Waals surface area contributed by atoms with Crippen LogP contribution in [0.3, 0.4) is 0 Å². The summed E-state index contributed by atoms with van der Waals surface area (Å²) in [7, 11) is 1.17. The molecule has 0 amide bonds. The Kier molecular flexibility index (Phi) is 4.16. The van der Waals surface area contributed by atoms with E-state index in [1.54, 1.807) is 0 Å². The Hall–Kier alpha value is -1.96. The van der Waals surface area contributed by atoms with Gasteiger partial charge in [0.05, 0.1) is 19.1 Å². The summed E-state index contributed by atoms with van der Waals surface area (Å²) >= 11 is 0. The third-order valence-electron chi connectivity index (χ3n) is 1.92. The lowest BCUT2D eigenvalue weighted by Gasteiger charge is -2.11. The smallest absolute Gasteiger partial charge is 0.420 e. The maximum Gasteiger partial charge on any atom is 0.420 e. The summed E-state index contributed by atoms with van der Waals surface area (Å²) < 4.78 is 42.5. The largest absolute Gasteiger partial charge is 0.496 e. The van der Waals surface area contributed by atoms with Gasteiger partial charge in [-0.05, 0) is 18.2 Å². The van der Waals surface area contributed by atoms with Crippen molar-refractivity contribution in [3.05, 3.63) is 29.3 Å². The molecular weight excluding hydrogens is 233 g/mol. The minimum atomic E-state index is -4.49. The minimum absolute atomic E-state index is 0.00657. The summed E-state index contributed by atoms with van der Waals surface area (Å²) in [4.78, 5) is 10.0. The molecule has 17 heavy (non-hydrogen) atoms. The highest BCUT2D eigenvalue weighted by atomic mass is 19.4. The SMILES string of the molecule is COc1ccc(C#CCC=O)cc1C(F)(F)F. The van der Waals surface area contributed by atoms with E-state index in [4.69, 9.17) is 0 Å². The van der Waals surface area contributed by atoms with Gasteiger partial charge in [0, 0.05) is 5.56 Å². The average Bonchev–Trinajstić information content (AvgIpc) is 2.28. The van der Waals surface area contributed by atoms with Crippen LogP contribution < -0.4 is 4.74 Å². The van der Waals surface area contributed by atoms with Gasteiger partial charge in [-0.1, -0.05) is 11.8 Å². The monoisotopic (exact) mass is 242 g/mol. The molecule has 5 heteroatoms. The van der Waals surface area contributed by atoms with Crippen molar-refractivity contribution in [2.45, 2.75) is 12.6 Å². The van der Waals surface area contributed by atoms with Crippen molar-refractivity contribution in [2.75, 3.05) is 7.11 Å². The van der Waals surface area contributed by atoms with E-state index in [-0.39, 0.29) is 17.7 Å². The third-order valence-corrected chi connectivity index (χ3v) is 1.92. The van der Waals surface area contributed by atoms with Crippen LogP contribution in [0, 0.1) is 11.8 Å². The van der Waals surface area contributed by atoms with Gasteiger partial charge in [-0.3, -0.25) is 0 Å². The Morgan fingerprint density at radius 2 is 2.12 bits per heavy atom. The molecule has 0 aliphatic rings. The quantitative estimate of drug-likeness (QED) is 0.588.